The van der Waals surface area contributed by atoms with Gasteiger partial charge in [0.05, 0.1) is 0 Å². The summed E-state index contributed by atoms with van der Waals surface area (Å²) in [6.07, 6.45) is 4.42. The molecule has 70 valence electrons. The Labute approximate surface area is 94.2 Å². The molecule has 0 spiro atoms. The van der Waals surface area contributed by atoms with Crippen LogP contribution in [0.5, 0.6) is 0 Å². The topological polar surface area (TPSA) is 0 Å². The Hall–Kier alpha value is -0.310. The Balaban J connectivity index is 2.91. The number of hydrogen-bond donors (Lipinski definition) is 0. The Bertz CT molecular complexity index is 278. The van der Waals surface area contributed by atoms with E-state index in [1.807, 2.05) is 6.08 Å². The van der Waals surface area contributed by atoms with Gasteiger partial charge in [-0.05, 0) is 17.5 Å². The maximum Gasteiger partial charge on any atom is 0.0365 e. The first-order chi connectivity index (χ1) is 6.29. The average Bonchev–Trinajstić information content (AvgIpc) is 2.18. The van der Waals surface area contributed by atoms with Crippen LogP contribution in [0.25, 0.3) is 6.08 Å². The first-order valence-corrected chi connectivity index (χ1v) is 5.89. The molecule has 1 aromatic carbocycles. The molecule has 0 nitrogen and oxygen atoms in total. The van der Waals surface area contributed by atoms with Gasteiger partial charge in [-0.2, -0.15) is 0 Å². The lowest BCUT2D eigenvalue weighted by atomic mass is 10.0. The standard InChI is InChI=1S/C12H15I/c1-3-7-12(13)11-9-6-5-8-10(11)4-2/h4-6,8-9,12H,2-3,7H2,1H3. The van der Waals surface area contributed by atoms with Gasteiger partial charge in [-0.15, -0.1) is 0 Å². The highest BCUT2D eigenvalue weighted by Gasteiger charge is 2.08. The van der Waals surface area contributed by atoms with E-state index >= 15 is 0 Å². The number of benzene rings is 1. The lowest BCUT2D eigenvalue weighted by molar-refractivity contribution is 0.798. The summed E-state index contributed by atoms with van der Waals surface area (Å²) in [4.78, 5) is 0. The smallest absolute Gasteiger partial charge is 0.0365 e. The van der Waals surface area contributed by atoms with Gasteiger partial charge in [-0.3, -0.25) is 0 Å². The molecule has 1 heteroatoms. The molecule has 0 saturated heterocycles. The van der Waals surface area contributed by atoms with E-state index in [1.54, 1.807) is 0 Å². The summed E-state index contributed by atoms with van der Waals surface area (Å²) in [5.74, 6) is 0. The van der Waals surface area contributed by atoms with Gasteiger partial charge in [0.2, 0.25) is 0 Å². The largest absolute Gasteiger partial charge is 0.0985 e. The molecule has 1 aromatic rings. The molecule has 1 atom stereocenters. The second kappa shape index (κ2) is 5.43. The van der Waals surface area contributed by atoms with E-state index in [-0.39, 0.29) is 0 Å². The number of halogens is 1. The molecule has 0 amide bonds. The lowest BCUT2D eigenvalue weighted by Crippen LogP contribution is -1.92. The zero-order valence-electron chi connectivity index (χ0n) is 7.96. The molecule has 0 bridgehead atoms. The first kappa shape index (κ1) is 10.8. The summed E-state index contributed by atoms with van der Waals surface area (Å²) in [5.41, 5.74) is 2.69. The van der Waals surface area contributed by atoms with Crippen LogP contribution in [-0.2, 0) is 0 Å². The molecule has 0 aliphatic heterocycles. The number of hydrogen-bond acceptors (Lipinski definition) is 0. The molecule has 13 heavy (non-hydrogen) atoms. The van der Waals surface area contributed by atoms with Crippen LogP contribution in [0.2, 0.25) is 0 Å². The van der Waals surface area contributed by atoms with E-state index in [1.165, 1.54) is 24.0 Å². The third kappa shape index (κ3) is 2.83. The zero-order valence-corrected chi connectivity index (χ0v) is 10.1. The van der Waals surface area contributed by atoms with E-state index in [0.29, 0.717) is 3.92 Å². The molecule has 0 heterocycles. The van der Waals surface area contributed by atoms with Crippen molar-refractivity contribution in [3.05, 3.63) is 42.0 Å². The summed E-state index contributed by atoms with van der Waals surface area (Å²) in [6, 6.07) is 8.49. The number of rotatable bonds is 4. The van der Waals surface area contributed by atoms with Crippen molar-refractivity contribution in [3.63, 3.8) is 0 Å². The fraction of sp³-hybridized carbons (Fsp3) is 0.333. The molecular formula is C12H15I. The van der Waals surface area contributed by atoms with Gasteiger partial charge in [0.1, 0.15) is 0 Å². The monoisotopic (exact) mass is 286 g/mol. The Kier molecular flexibility index (Phi) is 4.50. The summed E-state index contributed by atoms with van der Waals surface area (Å²) in [6.45, 7) is 6.06. The van der Waals surface area contributed by atoms with Crippen molar-refractivity contribution in [2.24, 2.45) is 0 Å². The minimum absolute atomic E-state index is 0.622. The maximum absolute atomic E-state index is 3.83. The van der Waals surface area contributed by atoms with Gasteiger partial charge in [0.15, 0.2) is 0 Å². The quantitative estimate of drug-likeness (QED) is 0.560. The molecule has 0 aromatic heterocycles. The highest BCUT2D eigenvalue weighted by molar-refractivity contribution is 14.1. The molecule has 1 rings (SSSR count). The van der Waals surface area contributed by atoms with E-state index in [9.17, 15) is 0 Å². The molecule has 0 saturated carbocycles. The van der Waals surface area contributed by atoms with Crippen molar-refractivity contribution in [2.45, 2.75) is 23.7 Å². The van der Waals surface area contributed by atoms with E-state index in [4.69, 9.17) is 0 Å². The third-order valence-corrected chi connectivity index (χ3v) is 3.39. The highest BCUT2D eigenvalue weighted by Crippen LogP contribution is 2.31. The summed E-state index contributed by atoms with van der Waals surface area (Å²) < 4.78 is 0.622. The van der Waals surface area contributed by atoms with Crippen LogP contribution in [0.3, 0.4) is 0 Å². The van der Waals surface area contributed by atoms with Crippen molar-refractivity contribution in [1.29, 1.82) is 0 Å². The molecule has 0 radical (unpaired) electrons. The minimum atomic E-state index is 0.622. The van der Waals surface area contributed by atoms with Crippen molar-refractivity contribution in [2.75, 3.05) is 0 Å². The first-order valence-electron chi connectivity index (χ1n) is 4.65. The normalized spacial score (nSPS) is 12.5. The van der Waals surface area contributed by atoms with Gasteiger partial charge in [-0.1, -0.05) is 72.9 Å². The summed E-state index contributed by atoms with van der Waals surface area (Å²) >= 11 is 2.51. The molecule has 1 unspecified atom stereocenters. The van der Waals surface area contributed by atoms with Crippen molar-refractivity contribution >= 4 is 28.7 Å². The predicted octanol–water partition coefficient (Wildman–Crippen LogP) is 4.61. The summed E-state index contributed by atoms with van der Waals surface area (Å²) in [5, 5.41) is 0. The molecule has 0 N–H and O–H groups in total. The van der Waals surface area contributed by atoms with E-state index in [0.717, 1.165) is 0 Å². The van der Waals surface area contributed by atoms with Crippen LogP contribution >= 0.6 is 22.6 Å². The van der Waals surface area contributed by atoms with Crippen molar-refractivity contribution in [1.82, 2.24) is 0 Å². The van der Waals surface area contributed by atoms with Crippen LogP contribution in [-0.4, -0.2) is 0 Å². The van der Waals surface area contributed by atoms with Gasteiger partial charge in [0, 0.05) is 3.92 Å². The fourth-order valence-electron chi connectivity index (χ4n) is 1.39. The fourth-order valence-corrected chi connectivity index (χ4v) is 2.58. The van der Waals surface area contributed by atoms with E-state index in [2.05, 4.69) is 60.4 Å². The lowest BCUT2D eigenvalue weighted by Gasteiger charge is -2.11. The highest BCUT2D eigenvalue weighted by atomic mass is 127. The van der Waals surface area contributed by atoms with Crippen LogP contribution in [0.1, 0.15) is 34.8 Å². The zero-order chi connectivity index (χ0) is 9.68. The molecule has 0 aliphatic carbocycles. The van der Waals surface area contributed by atoms with Gasteiger partial charge >= 0.3 is 0 Å². The van der Waals surface area contributed by atoms with Gasteiger partial charge in [0.25, 0.3) is 0 Å². The average molecular weight is 286 g/mol. The molecule has 0 aliphatic rings. The second-order valence-electron chi connectivity index (χ2n) is 3.09. The van der Waals surface area contributed by atoms with Crippen LogP contribution in [0.15, 0.2) is 30.8 Å². The molecular weight excluding hydrogens is 271 g/mol. The van der Waals surface area contributed by atoms with Crippen LogP contribution in [0, 0.1) is 0 Å². The summed E-state index contributed by atoms with van der Waals surface area (Å²) in [7, 11) is 0. The predicted molar refractivity (Wildman–Crippen MR) is 68.2 cm³/mol. The number of alkyl halides is 1. The van der Waals surface area contributed by atoms with Gasteiger partial charge < -0.3 is 0 Å². The SMILES string of the molecule is C=Cc1ccccc1C(I)CCC. The molecule has 0 fully saturated rings. The van der Waals surface area contributed by atoms with Crippen molar-refractivity contribution < 1.29 is 0 Å². The maximum atomic E-state index is 3.83. The van der Waals surface area contributed by atoms with E-state index < -0.39 is 0 Å². The van der Waals surface area contributed by atoms with Crippen LogP contribution in [0.4, 0.5) is 0 Å². The Morgan fingerprint density at radius 2 is 2.15 bits per heavy atom. The van der Waals surface area contributed by atoms with Crippen LogP contribution < -0.4 is 0 Å². The second-order valence-corrected chi connectivity index (χ2v) is 4.59. The van der Waals surface area contributed by atoms with Crippen molar-refractivity contribution in [3.8, 4) is 0 Å². The minimum Gasteiger partial charge on any atom is -0.0985 e. The van der Waals surface area contributed by atoms with Gasteiger partial charge in [-0.25, -0.2) is 0 Å². The third-order valence-electron chi connectivity index (χ3n) is 2.10. The Morgan fingerprint density at radius 1 is 1.46 bits per heavy atom. The Morgan fingerprint density at radius 3 is 2.77 bits per heavy atom.